The summed E-state index contributed by atoms with van der Waals surface area (Å²) in [7, 11) is 1.74. The van der Waals surface area contributed by atoms with Gasteiger partial charge in [-0.15, -0.1) is 11.3 Å². The molecule has 1 aliphatic rings. The van der Waals surface area contributed by atoms with Crippen molar-refractivity contribution in [3.05, 3.63) is 16.3 Å². The summed E-state index contributed by atoms with van der Waals surface area (Å²) in [5.74, 6) is -0.844. The summed E-state index contributed by atoms with van der Waals surface area (Å²) < 4.78 is 5.30. The summed E-state index contributed by atoms with van der Waals surface area (Å²) in [6.45, 7) is 1.88. The number of ether oxygens (including phenoxy) is 1. The molecule has 2 rings (SSSR count). The van der Waals surface area contributed by atoms with Crippen LogP contribution in [-0.2, 0) is 4.74 Å². The summed E-state index contributed by atoms with van der Waals surface area (Å²) >= 11 is 1.29. The molecule has 0 spiro atoms. The summed E-state index contributed by atoms with van der Waals surface area (Å²) in [6, 6.07) is 1.75. The lowest BCUT2D eigenvalue weighted by Crippen LogP contribution is -2.36. The average Bonchev–Trinajstić information content (AvgIpc) is 2.78. The zero-order valence-electron chi connectivity index (χ0n) is 9.18. The second kappa shape index (κ2) is 4.84. The third-order valence-corrected chi connectivity index (χ3v) is 3.84. The average molecular weight is 241 g/mol. The van der Waals surface area contributed by atoms with Crippen LogP contribution < -0.4 is 4.90 Å². The zero-order chi connectivity index (χ0) is 11.5. The number of carbonyl (C=O) groups is 1. The standard InChI is InChI=1S/C11H15NO3S/c1-15-9-2-4-12(5-3-9)8-6-10(11(13)14)16-7-8/h6-7,9H,2-5H2,1H3,(H,13,14). The molecule has 1 aromatic heterocycles. The molecule has 1 aromatic rings. The van der Waals surface area contributed by atoms with Gasteiger partial charge in [0.1, 0.15) is 4.88 Å². The molecule has 0 radical (unpaired) electrons. The molecule has 1 saturated heterocycles. The molecule has 1 N–H and O–H groups in total. The summed E-state index contributed by atoms with van der Waals surface area (Å²) in [5, 5.41) is 10.8. The van der Waals surface area contributed by atoms with E-state index in [1.54, 1.807) is 13.2 Å². The minimum atomic E-state index is -0.844. The van der Waals surface area contributed by atoms with E-state index in [4.69, 9.17) is 9.84 Å². The number of thiophene rings is 1. The van der Waals surface area contributed by atoms with Gasteiger partial charge in [-0.1, -0.05) is 0 Å². The Morgan fingerprint density at radius 1 is 1.56 bits per heavy atom. The molecule has 5 heteroatoms. The summed E-state index contributed by atoms with van der Waals surface area (Å²) in [5.41, 5.74) is 1.02. The Morgan fingerprint density at radius 3 is 2.75 bits per heavy atom. The number of anilines is 1. The highest BCUT2D eigenvalue weighted by molar-refractivity contribution is 7.12. The second-order valence-corrected chi connectivity index (χ2v) is 4.81. The predicted octanol–water partition coefficient (Wildman–Crippen LogP) is 2.06. The molecule has 0 aliphatic carbocycles. The van der Waals surface area contributed by atoms with Crippen LogP contribution in [0.2, 0.25) is 0 Å². The van der Waals surface area contributed by atoms with E-state index in [9.17, 15) is 4.79 Å². The van der Waals surface area contributed by atoms with E-state index in [0.29, 0.717) is 11.0 Å². The van der Waals surface area contributed by atoms with Gasteiger partial charge in [-0.2, -0.15) is 0 Å². The number of hydrogen-bond acceptors (Lipinski definition) is 4. The van der Waals surface area contributed by atoms with E-state index in [1.165, 1.54) is 11.3 Å². The minimum absolute atomic E-state index is 0.355. The molecule has 0 bridgehead atoms. The first kappa shape index (κ1) is 11.4. The highest BCUT2D eigenvalue weighted by Crippen LogP contribution is 2.26. The van der Waals surface area contributed by atoms with Crippen molar-refractivity contribution < 1.29 is 14.6 Å². The fourth-order valence-electron chi connectivity index (χ4n) is 1.95. The van der Waals surface area contributed by atoms with E-state index < -0.39 is 5.97 Å². The topological polar surface area (TPSA) is 49.8 Å². The quantitative estimate of drug-likeness (QED) is 0.880. The van der Waals surface area contributed by atoms with Gasteiger partial charge in [-0.3, -0.25) is 0 Å². The van der Waals surface area contributed by atoms with Gasteiger partial charge in [-0.05, 0) is 18.9 Å². The third-order valence-electron chi connectivity index (χ3n) is 2.94. The smallest absolute Gasteiger partial charge is 0.345 e. The molecule has 0 atom stereocenters. The Kier molecular flexibility index (Phi) is 3.46. The van der Waals surface area contributed by atoms with E-state index in [-0.39, 0.29) is 0 Å². The van der Waals surface area contributed by atoms with Gasteiger partial charge in [0.05, 0.1) is 6.10 Å². The molecule has 0 amide bonds. The first-order chi connectivity index (χ1) is 7.70. The molecule has 1 fully saturated rings. The van der Waals surface area contributed by atoms with E-state index in [0.717, 1.165) is 31.6 Å². The van der Waals surface area contributed by atoms with Crippen LogP contribution in [0.4, 0.5) is 5.69 Å². The number of aromatic carboxylic acids is 1. The van der Waals surface area contributed by atoms with Gasteiger partial charge >= 0.3 is 5.97 Å². The van der Waals surface area contributed by atoms with Crippen molar-refractivity contribution in [2.24, 2.45) is 0 Å². The molecule has 88 valence electrons. The summed E-state index contributed by atoms with van der Waals surface area (Å²) in [6.07, 6.45) is 2.37. The Labute approximate surface area is 98.4 Å². The van der Waals surface area contributed by atoms with Crippen LogP contribution in [0.5, 0.6) is 0 Å². The number of carboxylic acid groups (broad SMARTS) is 1. The van der Waals surface area contributed by atoms with Crippen molar-refractivity contribution in [1.82, 2.24) is 0 Å². The van der Waals surface area contributed by atoms with Crippen molar-refractivity contribution in [2.75, 3.05) is 25.1 Å². The SMILES string of the molecule is COC1CCN(c2csc(C(=O)O)c2)CC1. The first-order valence-electron chi connectivity index (χ1n) is 5.30. The van der Waals surface area contributed by atoms with E-state index in [2.05, 4.69) is 4.90 Å². The van der Waals surface area contributed by atoms with Gasteiger partial charge in [0.2, 0.25) is 0 Å². The Balaban J connectivity index is 2.00. The molecule has 0 saturated carbocycles. The highest BCUT2D eigenvalue weighted by atomic mass is 32.1. The summed E-state index contributed by atoms with van der Waals surface area (Å²) in [4.78, 5) is 13.4. The van der Waals surface area contributed by atoms with Crippen molar-refractivity contribution in [1.29, 1.82) is 0 Å². The van der Waals surface area contributed by atoms with E-state index in [1.807, 2.05) is 5.38 Å². The third kappa shape index (κ3) is 2.36. The normalized spacial score (nSPS) is 17.7. The minimum Gasteiger partial charge on any atom is -0.477 e. The van der Waals surface area contributed by atoms with Crippen molar-refractivity contribution in [3.8, 4) is 0 Å². The molecule has 0 unspecified atom stereocenters. The molecular weight excluding hydrogens is 226 g/mol. The Morgan fingerprint density at radius 2 is 2.25 bits per heavy atom. The Hall–Kier alpha value is -1.07. The van der Waals surface area contributed by atoms with Crippen molar-refractivity contribution in [2.45, 2.75) is 18.9 Å². The maximum Gasteiger partial charge on any atom is 0.345 e. The number of hydrogen-bond donors (Lipinski definition) is 1. The van der Waals surface area contributed by atoms with Gasteiger partial charge in [0, 0.05) is 31.3 Å². The van der Waals surface area contributed by atoms with Gasteiger partial charge in [-0.25, -0.2) is 4.79 Å². The monoisotopic (exact) mass is 241 g/mol. The molecule has 2 heterocycles. The molecule has 16 heavy (non-hydrogen) atoms. The van der Waals surface area contributed by atoms with Crippen LogP contribution >= 0.6 is 11.3 Å². The van der Waals surface area contributed by atoms with Crippen LogP contribution in [0.3, 0.4) is 0 Å². The van der Waals surface area contributed by atoms with E-state index >= 15 is 0 Å². The predicted molar refractivity (Wildman–Crippen MR) is 63.5 cm³/mol. The van der Waals surface area contributed by atoms with Crippen molar-refractivity contribution in [3.63, 3.8) is 0 Å². The fraction of sp³-hybridized carbons (Fsp3) is 0.545. The fourth-order valence-corrected chi connectivity index (χ4v) is 2.71. The second-order valence-electron chi connectivity index (χ2n) is 3.90. The van der Waals surface area contributed by atoms with Gasteiger partial charge < -0.3 is 14.7 Å². The van der Waals surface area contributed by atoms with Crippen LogP contribution in [0.1, 0.15) is 22.5 Å². The lowest BCUT2D eigenvalue weighted by molar-refractivity contribution is 0.0702. The molecule has 1 aliphatic heterocycles. The lowest BCUT2D eigenvalue weighted by atomic mass is 10.1. The molecule has 0 aromatic carbocycles. The van der Waals surface area contributed by atoms with Crippen LogP contribution in [0.25, 0.3) is 0 Å². The number of piperidine rings is 1. The van der Waals surface area contributed by atoms with Crippen LogP contribution in [0, 0.1) is 0 Å². The number of rotatable bonds is 3. The van der Waals surface area contributed by atoms with Gasteiger partial charge in [0.15, 0.2) is 0 Å². The van der Waals surface area contributed by atoms with Crippen LogP contribution in [-0.4, -0.2) is 37.4 Å². The van der Waals surface area contributed by atoms with Gasteiger partial charge in [0.25, 0.3) is 0 Å². The molecule has 4 nitrogen and oxygen atoms in total. The number of methoxy groups -OCH3 is 1. The first-order valence-corrected chi connectivity index (χ1v) is 6.18. The lowest BCUT2D eigenvalue weighted by Gasteiger charge is -2.32. The zero-order valence-corrected chi connectivity index (χ0v) is 10.00. The number of nitrogens with zero attached hydrogens (tertiary/aromatic N) is 1. The Bertz CT molecular complexity index is 369. The largest absolute Gasteiger partial charge is 0.477 e. The van der Waals surface area contributed by atoms with Crippen molar-refractivity contribution >= 4 is 23.0 Å². The van der Waals surface area contributed by atoms with Crippen LogP contribution in [0.15, 0.2) is 11.4 Å². The highest BCUT2D eigenvalue weighted by Gasteiger charge is 2.20. The maximum absolute atomic E-state index is 10.8. The maximum atomic E-state index is 10.8. The molecular formula is C11H15NO3S. The number of carboxylic acids is 1.